The highest BCUT2D eigenvalue weighted by atomic mass is 32.1. The van der Waals surface area contributed by atoms with Gasteiger partial charge in [-0.2, -0.15) is 13.2 Å². The first-order valence-electron chi connectivity index (χ1n) is 7.22. The van der Waals surface area contributed by atoms with Crippen LogP contribution >= 0.6 is 11.3 Å². The minimum absolute atomic E-state index is 0.0498. The van der Waals surface area contributed by atoms with Crippen molar-refractivity contribution in [3.05, 3.63) is 64.7 Å². The second-order valence-corrected chi connectivity index (χ2v) is 5.95. The maximum Gasteiger partial charge on any atom is 0.417 e. The molecule has 1 amide bonds. The lowest BCUT2D eigenvalue weighted by Gasteiger charge is -2.08. The fraction of sp³-hybridized carbons (Fsp3) is 0.111. The zero-order valence-corrected chi connectivity index (χ0v) is 13.5. The molecule has 1 N–H and O–H groups in total. The Labute approximate surface area is 145 Å². The smallest absolute Gasteiger partial charge is 0.341 e. The number of halogens is 3. The third kappa shape index (κ3) is 3.98. The molecule has 0 unspecified atom stereocenters. The summed E-state index contributed by atoms with van der Waals surface area (Å²) in [4.78, 5) is 16.2. The summed E-state index contributed by atoms with van der Waals surface area (Å²) in [6, 6.07) is 10.2. The molecule has 0 aliphatic rings. The Hall–Kier alpha value is -2.85. The Kier molecular flexibility index (Phi) is 4.72. The van der Waals surface area contributed by atoms with Gasteiger partial charge in [-0.3, -0.25) is 4.79 Å². The molecule has 0 saturated carbocycles. The van der Waals surface area contributed by atoms with Crippen molar-refractivity contribution in [2.24, 2.45) is 0 Å². The van der Waals surface area contributed by atoms with E-state index in [-0.39, 0.29) is 18.0 Å². The van der Waals surface area contributed by atoms with Crippen molar-refractivity contribution in [2.75, 3.05) is 6.54 Å². The number of rotatable bonds is 2. The SMILES string of the molecule is O=C(NCC#Cc1ccccc1C(F)(F)F)c1ccc2ncsc2c1. The van der Waals surface area contributed by atoms with Crippen molar-refractivity contribution in [1.82, 2.24) is 10.3 Å². The standard InChI is InChI=1S/C18H11F3N2OS/c19-18(20,21)14-6-2-1-4-12(14)5-3-9-22-17(24)13-7-8-15-16(10-13)25-11-23-15/h1-2,4,6-8,10-11H,9H2,(H,22,24). The fourth-order valence-electron chi connectivity index (χ4n) is 2.20. The lowest BCUT2D eigenvalue weighted by Crippen LogP contribution is -2.23. The van der Waals surface area contributed by atoms with Gasteiger partial charge in [0.1, 0.15) is 0 Å². The van der Waals surface area contributed by atoms with Gasteiger partial charge >= 0.3 is 6.18 Å². The van der Waals surface area contributed by atoms with Crippen LogP contribution in [0.4, 0.5) is 13.2 Å². The number of thiazole rings is 1. The molecule has 0 atom stereocenters. The molecule has 1 aromatic heterocycles. The Morgan fingerprint density at radius 3 is 2.80 bits per heavy atom. The summed E-state index contributed by atoms with van der Waals surface area (Å²) in [7, 11) is 0. The number of carbonyl (C=O) groups excluding carboxylic acids is 1. The molecule has 7 heteroatoms. The number of amides is 1. The zero-order valence-electron chi connectivity index (χ0n) is 12.7. The molecule has 3 rings (SSSR count). The average Bonchev–Trinajstić information content (AvgIpc) is 3.05. The van der Waals surface area contributed by atoms with Gasteiger partial charge < -0.3 is 5.32 Å². The van der Waals surface area contributed by atoms with Crippen molar-refractivity contribution in [2.45, 2.75) is 6.18 Å². The van der Waals surface area contributed by atoms with Crippen LogP contribution in [0.1, 0.15) is 21.5 Å². The van der Waals surface area contributed by atoms with Crippen LogP contribution in [0.15, 0.2) is 48.0 Å². The number of benzene rings is 2. The Morgan fingerprint density at radius 2 is 2.00 bits per heavy atom. The summed E-state index contributed by atoms with van der Waals surface area (Å²) >= 11 is 1.42. The number of alkyl halides is 3. The van der Waals surface area contributed by atoms with E-state index >= 15 is 0 Å². The highest BCUT2D eigenvalue weighted by molar-refractivity contribution is 7.16. The van der Waals surface area contributed by atoms with Crippen molar-refractivity contribution < 1.29 is 18.0 Å². The summed E-state index contributed by atoms with van der Waals surface area (Å²) in [5.41, 5.74) is 2.05. The first kappa shape index (κ1) is 17.0. The maximum atomic E-state index is 12.9. The molecule has 3 nitrogen and oxygen atoms in total. The van der Waals surface area contributed by atoms with Crippen molar-refractivity contribution in [3.8, 4) is 11.8 Å². The van der Waals surface area contributed by atoms with Crippen LogP contribution < -0.4 is 5.32 Å². The molecule has 0 fully saturated rings. The van der Waals surface area contributed by atoms with E-state index in [1.807, 2.05) is 0 Å². The van der Waals surface area contributed by atoms with Gasteiger partial charge in [0, 0.05) is 11.1 Å². The molecule has 0 aliphatic carbocycles. The van der Waals surface area contributed by atoms with Crippen LogP contribution in [0, 0.1) is 11.8 Å². The first-order chi connectivity index (χ1) is 11.9. The predicted molar refractivity (Wildman–Crippen MR) is 90.3 cm³/mol. The Balaban J connectivity index is 1.68. The number of nitrogens with one attached hydrogen (secondary N) is 1. The van der Waals surface area contributed by atoms with Gasteiger partial charge in [0.25, 0.3) is 5.91 Å². The summed E-state index contributed by atoms with van der Waals surface area (Å²) in [6.45, 7) is -0.0498. The minimum Gasteiger partial charge on any atom is -0.341 e. The fourth-order valence-corrected chi connectivity index (χ4v) is 2.92. The predicted octanol–water partition coefficient (Wildman–Crippen LogP) is 4.10. The van der Waals surface area contributed by atoms with E-state index in [9.17, 15) is 18.0 Å². The van der Waals surface area contributed by atoms with Crippen LogP contribution in [-0.2, 0) is 6.18 Å². The van der Waals surface area contributed by atoms with Gasteiger partial charge in [0.05, 0.1) is 27.8 Å². The van der Waals surface area contributed by atoms with Crippen molar-refractivity contribution in [3.63, 3.8) is 0 Å². The molecular weight excluding hydrogens is 349 g/mol. The topological polar surface area (TPSA) is 42.0 Å². The Morgan fingerprint density at radius 1 is 1.20 bits per heavy atom. The van der Waals surface area contributed by atoms with Crippen molar-refractivity contribution in [1.29, 1.82) is 0 Å². The normalized spacial score (nSPS) is 11.0. The molecule has 1 heterocycles. The number of hydrogen-bond acceptors (Lipinski definition) is 3. The van der Waals surface area contributed by atoms with Gasteiger partial charge in [0.2, 0.25) is 0 Å². The second-order valence-electron chi connectivity index (χ2n) is 5.06. The van der Waals surface area contributed by atoms with E-state index in [4.69, 9.17) is 0 Å². The number of carbonyl (C=O) groups is 1. The van der Waals surface area contributed by atoms with Gasteiger partial charge in [-0.15, -0.1) is 11.3 Å². The molecule has 126 valence electrons. The number of hydrogen-bond donors (Lipinski definition) is 1. The third-order valence-corrected chi connectivity index (χ3v) is 4.18. The molecule has 0 aliphatic heterocycles. The van der Waals surface area contributed by atoms with E-state index in [1.165, 1.54) is 29.5 Å². The molecule has 25 heavy (non-hydrogen) atoms. The summed E-state index contributed by atoms with van der Waals surface area (Å²) in [5.74, 6) is 4.68. The average molecular weight is 360 g/mol. The summed E-state index contributed by atoms with van der Waals surface area (Å²) < 4.78 is 39.5. The molecule has 0 saturated heterocycles. The lowest BCUT2D eigenvalue weighted by atomic mass is 10.1. The highest BCUT2D eigenvalue weighted by Crippen LogP contribution is 2.31. The van der Waals surface area contributed by atoms with Crippen LogP contribution in [0.25, 0.3) is 10.2 Å². The monoisotopic (exact) mass is 360 g/mol. The van der Waals surface area contributed by atoms with Gasteiger partial charge in [-0.1, -0.05) is 24.0 Å². The van der Waals surface area contributed by atoms with Crippen LogP contribution in [0.5, 0.6) is 0 Å². The van der Waals surface area contributed by atoms with Gasteiger partial charge in [-0.25, -0.2) is 4.98 Å². The van der Waals surface area contributed by atoms with E-state index in [2.05, 4.69) is 22.1 Å². The summed E-state index contributed by atoms with van der Waals surface area (Å²) in [6.07, 6.45) is -4.46. The number of fused-ring (bicyclic) bond motifs is 1. The van der Waals surface area contributed by atoms with E-state index in [0.717, 1.165) is 16.3 Å². The van der Waals surface area contributed by atoms with Crippen LogP contribution in [-0.4, -0.2) is 17.4 Å². The maximum absolute atomic E-state index is 12.9. The van der Waals surface area contributed by atoms with Crippen LogP contribution in [0.2, 0.25) is 0 Å². The lowest BCUT2D eigenvalue weighted by molar-refractivity contribution is -0.137. The van der Waals surface area contributed by atoms with Crippen molar-refractivity contribution >= 4 is 27.5 Å². The van der Waals surface area contributed by atoms with Gasteiger partial charge in [0.15, 0.2) is 0 Å². The highest BCUT2D eigenvalue weighted by Gasteiger charge is 2.32. The third-order valence-electron chi connectivity index (χ3n) is 3.39. The molecule has 3 aromatic rings. The molecule has 0 spiro atoms. The largest absolute Gasteiger partial charge is 0.417 e. The molecule has 0 radical (unpaired) electrons. The first-order valence-corrected chi connectivity index (χ1v) is 8.09. The Bertz CT molecular complexity index is 983. The van der Waals surface area contributed by atoms with E-state index < -0.39 is 11.7 Å². The number of nitrogens with zero attached hydrogens (tertiary/aromatic N) is 1. The molecular formula is C18H11F3N2OS. The minimum atomic E-state index is -4.46. The van der Waals surface area contributed by atoms with Gasteiger partial charge in [-0.05, 0) is 30.3 Å². The molecule has 2 aromatic carbocycles. The summed E-state index contributed by atoms with van der Waals surface area (Å²) in [5, 5.41) is 2.57. The van der Waals surface area contributed by atoms with E-state index in [1.54, 1.807) is 23.7 Å². The zero-order chi connectivity index (χ0) is 17.9. The van der Waals surface area contributed by atoms with E-state index in [0.29, 0.717) is 5.56 Å². The number of aromatic nitrogens is 1. The quantitative estimate of drug-likeness (QED) is 0.699. The van der Waals surface area contributed by atoms with Crippen LogP contribution in [0.3, 0.4) is 0 Å². The molecule has 0 bridgehead atoms. The second kappa shape index (κ2) is 6.95.